The van der Waals surface area contributed by atoms with E-state index in [9.17, 15) is 9.90 Å². The third kappa shape index (κ3) is 3.18. The largest absolute Gasteiger partial charge is 0.387 e. The fourth-order valence-electron chi connectivity index (χ4n) is 2.72. The van der Waals surface area contributed by atoms with Gasteiger partial charge in [0.15, 0.2) is 0 Å². The molecule has 1 N–H and O–H groups in total. The highest BCUT2D eigenvalue weighted by molar-refractivity contribution is 8.00. The first kappa shape index (κ1) is 15.1. The lowest BCUT2D eigenvalue weighted by Crippen LogP contribution is -2.32. The van der Waals surface area contributed by atoms with Gasteiger partial charge in [-0.1, -0.05) is 60.2 Å². The summed E-state index contributed by atoms with van der Waals surface area (Å²) in [6.45, 7) is 2.38. The molecule has 2 aromatic rings. The van der Waals surface area contributed by atoms with Gasteiger partial charge >= 0.3 is 0 Å². The molecule has 3 nitrogen and oxygen atoms in total. The van der Waals surface area contributed by atoms with Gasteiger partial charge in [0.05, 0.1) is 18.4 Å². The third-order valence-corrected chi connectivity index (χ3v) is 5.11. The van der Waals surface area contributed by atoms with Gasteiger partial charge in [0.25, 0.3) is 0 Å². The lowest BCUT2D eigenvalue weighted by Gasteiger charge is -2.27. The van der Waals surface area contributed by atoms with E-state index in [2.05, 4.69) is 6.07 Å². The van der Waals surface area contributed by atoms with Crippen LogP contribution in [0.3, 0.4) is 0 Å². The van der Waals surface area contributed by atoms with E-state index in [1.165, 1.54) is 5.56 Å². The number of aliphatic hydroxyl groups excluding tert-OH is 1. The maximum absolute atomic E-state index is 12.2. The van der Waals surface area contributed by atoms with Crippen LogP contribution in [0.2, 0.25) is 0 Å². The molecule has 1 aliphatic rings. The average molecular weight is 313 g/mol. The Labute approximate surface area is 135 Å². The van der Waals surface area contributed by atoms with E-state index in [0.29, 0.717) is 12.3 Å². The first-order chi connectivity index (χ1) is 10.6. The molecule has 4 heteroatoms. The highest BCUT2D eigenvalue weighted by atomic mass is 32.2. The smallest absolute Gasteiger partial charge is 0.233 e. The van der Waals surface area contributed by atoms with Crippen LogP contribution in [0.5, 0.6) is 0 Å². The van der Waals surface area contributed by atoms with Crippen LogP contribution in [0, 0.1) is 6.92 Å². The lowest BCUT2D eigenvalue weighted by atomic mass is 10.1. The number of amides is 1. The summed E-state index contributed by atoms with van der Waals surface area (Å²) < 4.78 is 0. The molecule has 114 valence electrons. The molecule has 0 spiro atoms. The van der Waals surface area contributed by atoms with Crippen molar-refractivity contribution in [3.8, 4) is 0 Å². The summed E-state index contributed by atoms with van der Waals surface area (Å²) in [4.78, 5) is 14.0. The molecular weight excluding hydrogens is 294 g/mol. The van der Waals surface area contributed by atoms with Crippen LogP contribution >= 0.6 is 11.8 Å². The number of nitrogens with zero attached hydrogens (tertiary/aromatic N) is 1. The minimum Gasteiger partial charge on any atom is -0.387 e. The molecule has 0 unspecified atom stereocenters. The number of aryl methyl sites for hydroxylation is 1. The van der Waals surface area contributed by atoms with E-state index in [1.807, 2.05) is 55.5 Å². The monoisotopic (exact) mass is 313 g/mol. The number of aliphatic hydroxyl groups is 1. The number of carbonyl (C=O) groups excluding carboxylic acids is 1. The summed E-state index contributed by atoms with van der Waals surface area (Å²) in [7, 11) is 0. The minimum atomic E-state index is -0.656. The van der Waals surface area contributed by atoms with Gasteiger partial charge in [0.1, 0.15) is 5.37 Å². The van der Waals surface area contributed by atoms with Gasteiger partial charge in [-0.2, -0.15) is 0 Å². The van der Waals surface area contributed by atoms with Crippen LogP contribution in [0.25, 0.3) is 0 Å². The van der Waals surface area contributed by atoms with Gasteiger partial charge in [-0.3, -0.25) is 4.79 Å². The van der Waals surface area contributed by atoms with Crippen molar-refractivity contribution in [1.82, 2.24) is 4.90 Å². The van der Waals surface area contributed by atoms with Crippen molar-refractivity contribution in [1.29, 1.82) is 0 Å². The SMILES string of the molecule is Cc1cccc([C@@H]2SCC(=O)N2C[C@@H](O)c2ccccc2)c1. The van der Waals surface area contributed by atoms with Crippen molar-refractivity contribution in [2.24, 2.45) is 0 Å². The first-order valence-electron chi connectivity index (χ1n) is 7.36. The lowest BCUT2D eigenvalue weighted by molar-refractivity contribution is -0.129. The summed E-state index contributed by atoms with van der Waals surface area (Å²) >= 11 is 1.62. The van der Waals surface area contributed by atoms with Gasteiger partial charge in [-0.15, -0.1) is 11.8 Å². The summed E-state index contributed by atoms with van der Waals surface area (Å²) in [5, 5.41) is 10.4. The molecule has 0 saturated carbocycles. The highest BCUT2D eigenvalue weighted by Gasteiger charge is 2.34. The normalized spacial score (nSPS) is 19.5. The Bertz CT molecular complexity index is 659. The molecule has 0 aliphatic carbocycles. The molecule has 1 saturated heterocycles. The summed E-state index contributed by atoms with van der Waals surface area (Å²) in [5.74, 6) is 0.562. The Hall–Kier alpha value is -1.78. The molecule has 3 rings (SSSR count). The van der Waals surface area contributed by atoms with Crippen molar-refractivity contribution < 1.29 is 9.90 Å². The predicted molar refractivity (Wildman–Crippen MR) is 89.5 cm³/mol. The van der Waals surface area contributed by atoms with Gasteiger partial charge in [0.2, 0.25) is 5.91 Å². The first-order valence-corrected chi connectivity index (χ1v) is 8.40. The zero-order valence-electron chi connectivity index (χ0n) is 12.5. The Morgan fingerprint density at radius 3 is 2.73 bits per heavy atom. The Morgan fingerprint density at radius 1 is 1.23 bits per heavy atom. The zero-order chi connectivity index (χ0) is 15.5. The molecule has 1 heterocycles. The molecule has 22 heavy (non-hydrogen) atoms. The van der Waals surface area contributed by atoms with Crippen molar-refractivity contribution >= 4 is 17.7 Å². The van der Waals surface area contributed by atoms with Crippen LogP contribution in [0.15, 0.2) is 54.6 Å². The molecule has 1 fully saturated rings. The second kappa shape index (κ2) is 6.55. The maximum Gasteiger partial charge on any atom is 0.233 e. The van der Waals surface area contributed by atoms with E-state index < -0.39 is 6.10 Å². The number of benzene rings is 2. The van der Waals surface area contributed by atoms with Crippen LogP contribution in [0.4, 0.5) is 0 Å². The van der Waals surface area contributed by atoms with Gasteiger partial charge in [0, 0.05) is 0 Å². The number of carbonyl (C=O) groups is 1. The molecule has 1 amide bonds. The van der Waals surface area contributed by atoms with Crippen LogP contribution < -0.4 is 0 Å². The minimum absolute atomic E-state index is 0.00855. The zero-order valence-corrected chi connectivity index (χ0v) is 13.3. The van der Waals surface area contributed by atoms with E-state index in [1.54, 1.807) is 16.7 Å². The van der Waals surface area contributed by atoms with Gasteiger partial charge in [-0.05, 0) is 18.1 Å². The Balaban J connectivity index is 1.80. The molecule has 0 aromatic heterocycles. The van der Waals surface area contributed by atoms with E-state index in [4.69, 9.17) is 0 Å². The number of thioether (sulfide) groups is 1. The third-order valence-electron chi connectivity index (χ3n) is 3.85. The molecule has 0 radical (unpaired) electrons. The molecule has 2 atom stereocenters. The van der Waals surface area contributed by atoms with E-state index >= 15 is 0 Å². The number of rotatable bonds is 4. The maximum atomic E-state index is 12.2. The quantitative estimate of drug-likeness (QED) is 0.941. The molecular formula is C18H19NO2S. The van der Waals surface area contributed by atoms with Crippen LogP contribution in [0.1, 0.15) is 28.2 Å². The summed E-state index contributed by atoms with van der Waals surface area (Å²) in [6.07, 6.45) is -0.656. The fourth-order valence-corrected chi connectivity index (χ4v) is 3.91. The van der Waals surface area contributed by atoms with Crippen molar-refractivity contribution in [3.63, 3.8) is 0 Å². The second-order valence-corrected chi connectivity index (χ2v) is 6.62. The van der Waals surface area contributed by atoms with Crippen molar-refractivity contribution in [2.75, 3.05) is 12.3 Å². The van der Waals surface area contributed by atoms with Crippen molar-refractivity contribution in [3.05, 3.63) is 71.3 Å². The fraction of sp³-hybridized carbons (Fsp3) is 0.278. The average Bonchev–Trinajstić information content (AvgIpc) is 2.89. The standard InChI is InChI=1S/C18H19NO2S/c1-13-6-5-9-15(10-13)18-19(17(21)12-22-18)11-16(20)14-7-3-2-4-8-14/h2-10,16,18,20H,11-12H2,1H3/t16-,18+/m1/s1. The Morgan fingerprint density at radius 2 is 2.00 bits per heavy atom. The predicted octanol–water partition coefficient (Wildman–Crippen LogP) is 3.30. The molecule has 0 bridgehead atoms. The van der Waals surface area contributed by atoms with Gasteiger partial charge < -0.3 is 10.0 Å². The van der Waals surface area contributed by atoms with E-state index in [0.717, 1.165) is 11.1 Å². The highest BCUT2D eigenvalue weighted by Crippen LogP contribution is 2.39. The van der Waals surface area contributed by atoms with Crippen LogP contribution in [-0.2, 0) is 4.79 Å². The van der Waals surface area contributed by atoms with E-state index in [-0.39, 0.29) is 11.3 Å². The second-order valence-electron chi connectivity index (χ2n) is 5.55. The summed E-state index contributed by atoms with van der Waals surface area (Å²) in [6, 6.07) is 17.7. The number of hydrogen-bond donors (Lipinski definition) is 1. The summed E-state index contributed by atoms with van der Waals surface area (Å²) in [5.41, 5.74) is 3.15. The Kier molecular flexibility index (Phi) is 4.50. The number of hydrogen-bond acceptors (Lipinski definition) is 3. The van der Waals surface area contributed by atoms with Crippen LogP contribution in [-0.4, -0.2) is 28.2 Å². The topological polar surface area (TPSA) is 40.5 Å². The molecule has 2 aromatic carbocycles. The van der Waals surface area contributed by atoms with Gasteiger partial charge in [-0.25, -0.2) is 0 Å². The number of β-amino-alcohol motifs (C(OH)–C–C–N with tert-alkyl or cyclic N) is 1. The van der Waals surface area contributed by atoms with Crippen molar-refractivity contribution in [2.45, 2.75) is 18.4 Å². The molecule has 1 aliphatic heterocycles.